The van der Waals surface area contributed by atoms with Gasteiger partial charge in [0.2, 0.25) is 5.91 Å². The predicted octanol–water partition coefficient (Wildman–Crippen LogP) is 2.31. The molecular formula is C15H21ClN2O2. The average Bonchev–Trinajstić information content (AvgIpc) is 2.38. The van der Waals surface area contributed by atoms with Crippen LogP contribution in [0.15, 0.2) is 24.3 Å². The van der Waals surface area contributed by atoms with Crippen molar-refractivity contribution in [2.45, 2.75) is 19.3 Å². The van der Waals surface area contributed by atoms with Crippen LogP contribution in [0, 0.1) is 5.41 Å². The molecule has 1 amide bonds. The fourth-order valence-corrected chi connectivity index (χ4v) is 2.65. The first-order valence-electron chi connectivity index (χ1n) is 6.91. The van der Waals surface area contributed by atoms with Crippen molar-refractivity contribution in [1.82, 2.24) is 4.90 Å². The van der Waals surface area contributed by atoms with E-state index in [1.807, 2.05) is 12.1 Å². The Hall–Kier alpha value is -1.26. The van der Waals surface area contributed by atoms with Gasteiger partial charge in [-0.05, 0) is 31.0 Å². The summed E-state index contributed by atoms with van der Waals surface area (Å²) >= 11 is 5.88. The van der Waals surface area contributed by atoms with Crippen LogP contribution in [0.5, 0.6) is 5.75 Å². The van der Waals surface area contributed by atoms with Crippen LogP contribution < -0.4 is 10.5 Å². The van der Waals surface area contributed by atoms with Crippen LogP contribution >= 0.6 is 11.6 Å². The molecule has 0 radical (unpaired) electrons. The molecule has 20 heavy (non-hydrogen) atoms. The summed E-state index contributed by atoms with van der Waals surface area (Å²) in [4.78, 5) is 14.1. The van der Waals surface area contributed by atoms with Crippen molar-refractivity contribution in [3.63, 3.8) is 0 Å². The molecule has 0 aliphatic heterocycles. The summed E-state index contributed by atoms with van der Waals surface area (Å²) in [6, 6.07) is 7.24. The number of halogens is 1. The summed E-state index contributed by atoms with van der Waals surface area (Å²) in [6.07, 6.45) is 2.90. The summed E-state index contributed by atoms with van der Waals surface area (Å²) in [5, 5.41) is 0.642. The molecule has 0 saturated heterocycles. The highest BCUT2D eigenvalue weighted by molar-refractivity contribution is 6.30. The number of amides is 1. The zero-order valence-corrected chi connectivity index (χ0v) is 12.5. The Balaban J connectivity index is 1.80. The minimum Gasteiger partial charge on any atom is -0.492 e. The topological polar surface area (TPSA) is 55.6 Å². The normalized spacial score (nSPS) is 16.4. The van der Waals surface area contributed by atoms with Crippen molar-refractivity contribution in [1.29, 1.82) is 0 Å². The molecule has 0 atom stereocenters. The number of rotatable bonds is 6. The highest BCUT2D eigenvalue weighted by Crippen LogP contribution is 2.41. The van der Waals surface area contributed by atoms with Crippen molar-refractivity contribution in [2.75, 3.05) is 26.7 Å². The number of nitrogens with zero attached hydrogens (tertiary/aromatic N) is 1. The minimum absolute atomic E-state index is 0.140. The van der Waals surface area contributed by atoms with Gasteiger partial charge in [-0.25, -0.2) is 0 Å². The monoisotopic (exact) mass is 296 g/mol. The van der Waals surface area contributed by atoms with E-state index in [2.05, 4.69) is 0 Å². The van der Waals surface area contributed by atoms with Gasteiger partial charge in [0.15, 0.2) is 0 Å². The Bertz CT molecular complexity index is 469. The van der Waals surface area contributed by atoms with E-state index in [1.54, 1.807) is 24.1 Å². The molecule has 0 unspecified atom stereocenters. The van der Waals surface area contributed by atoms with Gasteiger partial charge >= 0.3 is 0 Å². The third-order valence-corrected chi connectivity index (χ3v) is 4.23. The first-order valence-corrected chi connectivity index (χ1v) is 7.29. The predicted molar refractivity (Wildman–Crippen MR) is 79.9 cm³/mol. The van der Waals surface area contributed by atoms with Gasteiger partial charge in [-0.2, -0.15) is 0 Å². The standard InChI is InChI=1S/C15H21ClN2O2/c1-18(14(19)15(11-17)6-3-7-15)8-9-20-13-5-2-4-12(16)10-13/h2,4-5,10H,3,6-9,11,17H2,1H3. The third kappa shape index (κ3) is 3.25. The Morgan fingerprint density at radius 3 is 2.80 bits per heavy atom. The van der Waals surface area contributed by atoms with Crippen LogP contribution in [0.1, 0.15) is 19.3 Å². The van der Waals surface area contributed by atoms with E-state index in [-0.39, 0.29) is 11.3 Å². The van der Waals surface area contributed by atoms with Crippen LogP contribution in [0.25, 0.3) is 0 Å². The maximum atomic E-state index is 12.3. The number of hydrogen-bond acceptors (Lipinski definition) is 3. The van der Waals surface area contributed by atoms with Crippen LogP contribution in [-0.4, -0.2) is 37.6 Å². The maximum Gasteiger partial charge on any atom is 0.229 e. The van der Waals surface area contributed by atoms with Gasteiger partial charge in [0.05, 0.1) is 12.0 Å². The molecule has 110 valence electrons. The second kappa shape index (κ2) is 6.46. The minimum atomic E-state index is -0.315. The average molecular weight is 297 g/mol. The Kier molecular flexibility index (Phi) is 4.89. The maximum absolute atomic E-state index is 12.3. The third-order valence-electron chi connectivity index (χ3n) is 3.99. The summed E-state index contributed by atoms with van der Waals surface area (Å²) in [5.41, 5.74) is 5.44. The molecule has 4 nitrogen and oxygen atoms in total. The van der Waals surface area contributed by atoms with Crippen molar-refractivity contribution in [3.05, 3.63) is 29.3 Å². The van der Waals surface area contributed by atoms with E-state index >= 15 is 0 Å². The van der Waals surface area contributed by atoms with E-state index in [9.17, 15) is 4.79 Å². The van der Waals surface area contributed by atoms with Crippen LogP contribution in [0.2, 0.25) is 5.02 Å². The number of ether oxygens (including phenoxy) is 1. The van der Waals surface area contributed by atoms with Gasteiger partial charge in [0.25, 0.3) is 0 Å². The molecule has 2 N–H and O–H groups in total. The Morgan fingerprint density at radius 2 is 2.25 bits per heavy atom. The van der Waals surface area contributed by atoms with Crippen molar-refractivity contribution in [3.8, 4) is 5.75 Å². The first-order chi connectivity index (χ1) is 9.57. The quantitative estimate of drug-likeness (QED) is 0.876. The molecule has 0 aromatic heterocycles. The lowest BCUT2D eigenvalue weighted by Gasteiger charge is -2.41. The van der Waals surface area contributed by atoms with Gasteiger partial charge in [-0.1, -0.05) is 24.1 Å². The van der Waals surface area contributed by atoms with Gasteiger partial charge < -0.3 is 15.4 Å². The lowest BCUT2D eigenvalue weighted by Crippen LogP contribution is -2.51. The first kappa shape index (κ1) is 15.1. The van der Waals surface area contributed by atoms with Crippen molar-refractivity contribution < 1.29 is 9.53 Å². The van der Waals surface area contributed by atoms with E-state index in [1.165, 1.54) is 0 Å². The molecular weight excluding hydrogens is 276 g/mol. The Labute approximate surface area is 124 Å². The number of likely N-dealkylation sites (N-methyl/N-ethyl adjacent to an activating group) is 1. The van der Waals surface area contributed by atoms with Gasteiger partial charge in [-0.3, -0.25) is 4.79 Å². The van der Waals surface area contributed by atoms with E-state index in [0.717, 1.165) is 25.0 Å². The summed E-state index contributed by atoms with van der Waals surface area (Å²) in [6.45, 7) is 1.43. The van der Waals surface area contributed by atoms with Crippen LogP contribution in [0.3, 0.4) is 0 Å². The molecule has 1 saturated carbocycles. The zero-order valence-electron chi connectivity index (χ0n) is 11.8. The number of hydrogen-bond donors (Lipinski definition) is 1. The van der Waals surface area contributed by atoms with E-state index in [0.29, 0.717) is 24.7 Å². The second-order valence-electron chi connectivity index (χ2n) is 5.37. The van der Waals surface area contributed by atoms with Gasteiger partial charge in [-0.15, -0.1) is 0 Å². The summed E-state index contributed by atoms with van der Waals surface area (Å²) in [7, 11) is 1.80. The molecule has 1 aliphatic rings. The summed E-state index contributed by atoms with van der Waals surface area (Å²) < 4.78 is 5.60. The molecule has 1 fully saturated rings. The lowest BCUT2D eigenvalue weighted by atomic mass is 9.68. The van der Waals surface area contributed by atoms with E-state index in [4.69, 9.17) is 22.1 Å². The highest BCUT2D eigenvalue weighted by Gasteiger charge is 2.44. The van der Waals surface area contributed by atoms with Gasteiger partial charge in [0.1, 0.15) is 12.4 Å². The molecule has 1 aliphatic carbocycles. The number of carbonyl (C=O) groups is 1. The molecule has 1 aromatic carbocycles. The Morgan fingerprint density at radius 1 is 1.50 bits per heavy atom. The van der Waals surface area contributed by atoms with E-state index < -0.39 is 0 Å². The molecule has 2 rings (SSSR count). The molecule has 5 heteroatoms. The van der Waals surface area contributed by atoms with Crippen LogP contribution in [0.4, 0.5) is 0 Å². The highest BCUT2D eigenvalue weighted by atomic mass is 35.5. The smallest absolute Gasteiger partial charge is 0.229 e. The van der Waals surface area contributed by atoms with Gasteiger partial charge in [0, 0.05) is 18.6 Å². The fourth-order valence-electron chi connectivity index (χ4n) is 2.47. The van der Waals surface area contributed by atoms with Crippen molar-refractivity contribution >= 4 is 17.5 Å². The van der Waals surface area contributed by atoms with Crippen molar-refractivity contribution in [2.24, 2.45) is 11.1 Å². The molecule has 0 bridgehead atoms. The summed E-state index contributed by atoms with van der Waals surface area (Å²) in [5.74, 6) is 0.858. The largest absolute Gasteiger partial charge is 0.492 e. The SMILES string of the molecule is CN(CCOc1cccc(Cl)c1)C(=O)C1(CN)CCC1. The molecule has 0 spiro atoms. The fraction of sp³-hybridized carbons (Fsp3) is 0.533. The lowest BCUT2D eigenvalue weighted by molar-refractivity contribution is -0.145. The number of nitrogens with two attached hydrogens (primary N) is 1. The molecule has 1 aromatic rings. The second-order valence-corrected chi connectivity index (χ2v) is 5.81. The molecule has 0 heterocycles. The zero-order chi connectivity index (χ0) is 14.6. The number of benzene rings is 1. The van der Waals surface area contributed by atoms with Crippen LogP contribution in [-0.2, 0) is 4.79 Å². The number of carbonyl (C=O) groups excluding carboxylic acids is 1.